The Morgan fingerprint density at radius 1 is 1.30 bits per heavy atom. The molecule has 1 saturated heterocycles. The van der Waals surface area contributed by atoms with Crippen LogP contribution in [0, 0.1) is 26.7 Å². The molecule has 0 amide bonds. The summed E-state index contributed by atoms with van der Waals surface area (Å²) in [6.07, 6.45) is 2.20. The minimum atomic E-state index is -3.51. The van der Waals surface area contributed by atoms with Gasteiger partial charge in [-0.05, 0) is 75.9 Å². The number of likely N-dealkylation sites (tertiary alicyclic amines) is 1. The van der Waals surface area contributed by atoms with E-state index in [9.17, 15) is 8.42 Å². The summed E-state index contributed by atoms with van der Waals surface area (Å²) in [6.45, 7) is 8.09. The first-order valence-electron chi connectivity index (χ1n) is 8.09. The fourth-order valence-electron chi connectivity index (χ4n) is 3.39. The van der Waals surface area contributed by atoms with Gasteiger partial charge in [-0.2, -0.15) is 0 Å². The van der Waals surface area contributed by atoms with Gasteiger partial charge in [0.2, 0.25) is 10.0 Å². The topological polar surface area (TPSA) is 58.6 Å². The number of aryl methyl sites for hydroxylation is 1. The number of methoxy groups -OCH3 is 1. The molecule has 1 aromatic carbocycles. The Kier molecular flexibility index (Phi) is 5.70. The summed E-state index contributed by atoms with van der Waals surface area (Å²) >= 11 is 0. The van der Waals surface area contributed by atoms with Gasteiger partial charge < -0.3 is 9.64 Å². The normalized spacial score (nSPS) is 19.8. The maximum Gasteiger partial charge on any atom is 0.241 e. The molecule has 1 aromatic rings. The van der Waals surface area contributed by atoms with E-state index in [4.69, 9.17) is 4.74 Å². The molecule has 2 rings (SSSR count). The number of hydrogen-bond donors (Lipinski definition) is 1. The second kappa shape index (κ2) is 7.20. The number of rotatable bonds is 5. The van der Waals surface area contributed by atoms with Crippen LogP contribution in [0.5, 0.6) is 5.75 Å². The lowest BCUT2D eigenvalue weighted by Gasteiger charge is -2.29. The fourth-order valence-corrected chi connectivity index (χ4v) is 5.02. The van der Waals surface area contributed by atoms with Gasteiger partial charge in [-0.25, -0.2) is 13.1 Å². The molecule has 130 valence electrons. The molecule has 0 aromatic heterocycles. The van der Waals surface area contributed by atoms with Crippen molar-refractivity contribution in [3.63, 3.8) is 0 Å². The van der Waals surface area contributed by atoms with Gasteiger partial charge in [-0.3, -0.25) is 0 Å². The smallest absolute Gasteiger partial charge is 0.241 e. The number of sulfonamides is 1. The van der Waals surface area contributed by atoms with Gasteiger partial charge in [0.1, 0.15) is 5.75 Å². The first kappa shape index (κ1) is 18.2. The molecule has 0 unspecified atom stereocenters. The number of piperidine rings is 1. The molecule has 5 nitrogen and oxygen atoms in total. The van der Waals surface area contributed by atoms with Crippen molar-refractivity contribution in [3.8, 4) is 5.75 Å². The van der Waals surface area contributed by atoms with Crippen molar-refractivity contribution >= 4 is 10.0 Å². The van der Waals surface area contributed by atoms with Crippen LogP contribution in [0.4, 0.5) is 0 Å². The van der Waals surface area contributed by atoms with E-state index < -0.39 is 10.0 Å². The maximum absolute atomic E-state index is 12.8. The predicted molar refractivity (Wildman–Crippen MR) is 92.6 cm³/mol. The van der Waals surface area contributed by atoms with Crippen molar-refractivity contribution in [2.75, 3.05) is 33.8 Å². The Bertz CT molecular complexity index is 671. The molecule has 0 radical (unpaired) electrons. The lowest BCUT2D eigenvalue weighted by molar-refractivity contribution is 0.211. The third kappa shape index (κ3) is 4.05. The van der Waals surface area contributed by atoms with Gasteiger partial charge in [0.05, 0.1) is 12.0 Å². The molecular weight excluding hydrogens is 312 g/mol. The van der Waals surface area contributed by atoms with Crippen LogP contribution in [0.3, 0.4) is 0 Å². The molecular formula is C17H28N2O3S. The van der Waals surface area contributed by atoms with Crippen LogP contribution in [0.25, 0.3) is 0 Å². The summed E-state index contributed by atoms with van der Waals surface area (Å²) in [5.74, 6) is 1.11. The molecule has 1 aliphatic heterocycles. The first-order valence-corrected chi connectivity index (χ1v) is 9.57. The van der Waals surface area contributed by atoms with E-state index in [2.05, 4.69) is 16.7 Å². The van der Waals surface area contributed by atoms with E-state index in [1.165, 1.54) is 0 Å². The summed E-state index contributed by atoms with van der Waals surface area (Å²) in [5.41, 5.74) is 2.35. The highest BCUT2D eigenvalue weighted by molar-refractivity contribution is 7.89. The average molecular weight is 340 g/mol. The van der Waals surface area contributed by atoms with Gasteiger partial charge >= 0.3 is 0 Å². The quantitative estimate of drug-likeness (QED) is 0.893. The molecule has 1 N–H and O–H groups in total. The largest absolute Gasteiger partial charge is 0.496 e. The number of nitrogens with one attached hydrogen (secondary N) is 1. The van der Waals surface area contributed by atoms with E-state index in [-0.39, 0.29) is 0 Å². The van der Waals surface area contributed by atoms with Crippen LogP contribution in [0.2, 0.25) is 0 Å². The highest BCUT2D eigenvalue weighted by Gasteiger charge is 2.25. The predicted octanol–water partition coefficient (Wildman–Crippen LogP) is 2.24. The molecule has 6 heteroatoms. The van der Waals surface area contributed by atoms with Crippen molar-refractivity contribution < 1.29 is 13.2 Å². The number of benzene rings is 1. The Morgan fingerprint density at radius 2 is 2.00 bits per heavy atom. The zero-order valence-corrected chi connectivity index (χ0v) is 15.6. The molecule has 0 spiro atoms. The van der Waals surface area contributed by atoms with Crippen LogP contribution in [-0.4, -0.2) is 47.1 Å². The molecule has 1 fully saturated rings. The Morgan fingerprint density at radius 3 is 2.61 bits per heavy atom. The average Bonchev–Trinajstić information content (AvgIpc) is 2.49. The van der Waals surface area contributed by atoms with Gasteiger partial charge in [-0.15, -0.1) is 0 Å². The van der Waals surface area contributed by atoms with E-state index in [1.54, 1.807) is 13.2 Å². The minimum Gasteiger partial charge on any atom is -0.496 e. The maximum atomic E-state index is 12.8. The molecule has 0 bridgehead atoms. The molecule has 0 saturated carbocycles. The number of ether oxygens (including phenoxy) is 1. The molecule has 1 heterocycles. The van der Waals surface area contributed by atoms with Gasteiger partial charge in [-0.1, -0.05) is 0 Å². The zero-order chi connectivity index (χ0) is 17.2. The molecule has 1 aliphatic rings. The molecule has 0 aliphatic carbocycles. The summed E-state index contributed by atoms with van der Waals surface area (Å²) in [6, 6.07) is 1.80. The standard InChI is InChI=1S/C17H28N2O3S/c1-12-9-16(22-5)13(2)14(3)17(12)23(20,21)18-10-15-7-6-8-19(4)11-15/h9,15,18H,6-8,10-11H2,1-5H3/t15-/m1/s1. The van der Waals surface area contributed by atoms with Crippen molar-refractivity contribution in [1.82, 2.24) is 9.62 Å². The third-order valence-corrected chi connectivity index (χ3v) is 6.46. The van der Waals surface area contributed by atoms with E-state index >= 15 is 0 Å². The highest BCUT2D eigenvalue weighted by atomic mass is 32.2. The lowest BCUT2D eigenvalue weighted by atomic mass is 9.99. The van der Waals surface area contributed by atoms with Crippen molar-refractivity contribution in [3.05, 3.63) is 22.8 Å². The Labute approximate surface area is 140 Å². The fraction of sp³-hybridized carbons (Fsp3) is 0.647. The van der Waals surface area contributed by atoms with Crippen molar-refractivity contribution in [2.45, 2.75) is 38.5 Å². The number of hydrogen-bond acceptors (Lipinski definition) is 4. The SMILES string of the molecule is COc1cc(C)c(S(=O)(=O)NC[C@H]2CCCN(C)C2)c(C)c1C. The van der Waals surface area contributed by atoms with E-state index in [0.29, 0.717) is 17.4 Å². The summed E-state index contributed by atoms with van der Waals surface area (Å²) < 4.78 is 33.7. The second-order valence-corrected chi connectivity index (χ2v) is 8.30. The second-order valence-electron chi connectivity index (χ2n) is 6.60. The zero-order valence-electron chi connectivity index (χ0n) is 14.8. The first-order chi connectivity index (χ1) is 10.8. The number of nitrogens with zero attached hydrogens (tertiary/aromatic N) is 1. The van der Waals surface area contributed by atoms with Crippen LogP contribution in [0.1, 0.15) is 29.5 Å². The summed E-state index contributed by atoms with van der Waals surface area (Å²) in [4.78, 5) is 2.65. The third-order valence-electron chi connectivity index (χ3n) is 4.75. The van der Waals surface area contributed by atoms with Crippen molar-refractivity contribution in [2.24, 2.45) is 5.92 Å². The Hall–Kier alpha value is -1.11. The highest BCUT2D eigenvalue weighted by Crippen LogP contribution is 2.30. The summed E-state index contributed by atoms with van der Waals surface area (Å²) in [5, 5.41) is 0. The van der Waals surface area contributed by atoms with Crippen LogP contribution in [-0.2, 0) is 10.0 Å². The minimum absolute atomic E-state index is 0.378. The lowest BCUT2D eigenvalue weighted by Crippen LogP contribution is -2.39. The summed E-state index contributed by atoms with van der Waals surface area (Å²) in [7, 11) is 0.179. The Balaban J connectivity index is 2.21. The van der Waals surface area contributed by atoms with Crippen LogP contribution >= 0.6 is 0 Å². The van der Waals surface area contributed by atoms with Crippen LogP contribution in [0.15, 0.2) is 11.0 Å². The van der Waals surface area contributed by atoms with Gasteiger partial charge in [0.15, 0.2) is 0 Å². The van der Waals surface area contributed by atoms with Gasteiger partial charge in [0.25, 0.3) is 0 Å². The molecule has 23 heavy (non-hydrogen) atoms. The van der Waals surface area contributed by atoms with E-state index in [0.717, 1.165) is 48.4 Å². The monoisotopic (exact) mass is 340 g/mol. The van der Waals surface area contributed by atoms with E-state index in [1.807, 2.05) is 20.8 Å². The van der Waals surface area contributed by atoms with Crippen LogP contribution < -0.4 is 9.46 Å². The molecule has 1 atom stereocenters. The van der Waals surface area contributed by atoms with Crippen molar-refractivity contribution in [1.29, 1.82) is 0 Å². The van der Waals surface area contributed by atoms with Gasteiger partial charge in [0, 0.05) is 13.1 Å².